The summed E-state index contributed by atoms with van der Waals surface area (Å²) in [4.78, 5) is 0.217. The van der Waals surface area contributed by atoms with Crippen molar-refractivity contribution < 1.29 is 4.39 Å². The van der Waals surface area contributed by atoms with E-state index in [-0.39, 0.29) is 10.8 Å². The molecule has 0 aliphatic carbocycles. The Hall–Kier alpha value is -1.16. The Morgan fingerprint density at radius 3 is 2.80 bits per heavy atom. The highest BCUT2D eigenvalue weighted by atomic mass is 32.1. The number of hydrogen-bond donors (Lipinski definition) is 2. The Balaban J connectivity index is 2.70. The van der Waals surface area contributed by atoms with Crippen LogP contribution in [0.25, 0.3) is 0 Å². The van der Waals surface area contributed by atoms with Gasteiger partial charge in [0.05, 0.1) is 5.69 Å². The second-order valence-corrected chi connectivity index (χ2v) is 3.78. The average molecular weight is 226 g/mol. The topological polar surface area (TPSA) is 38.0 Å². The molecule has 0 bridgehead atoms. The van der Waals surface area contributed by atoms with E-state index in [1.807, 2.05) is 0 Å². The quantitative estimate of drug-likeness (QED) is 0.599. The standard InChI is InChI=1S/C11H15FN2S/c1-2-3-6-14-10-5-4-8(11(13)15)7-9(10)12/h4-5,7,14H,2-3,6H2,1H3,(H2,13,15). The molecule has 0 heterocycles. The molecule has 4 heteroatoms. The summed E-state index contributed by atoms with van der Waals surface area (Å²) in [5, 5.41) is 3.02. The third kappa shape index (κ3) is 3.47. The monoisotopic (exact) mass is 226 g/mol. The molecule has 0 aromatic heterocycles. The van der Waals surface area contributed by atoms with Crippen LogP contribution in [0.4, 0.5) is 10.1 Å². The van der Waals surface area contributed by atoms with Crippen LogP contribution in [0, 0.1) is 5.82 Å². The fourth-order valence-electron chi connectivity index (χ4n) is 1.21. The molecule has 0 fully saturated rings. The lowest BCUT2D eigenvalue weighted by atomic mass is 10.2. The van der Waals surface area contributed by atoms with E-state index in [2.05, 4.69) is 12.2 Å². The summed E-state index contributed by atoms with van der Waals surface area (Å²) in [7, 11) is 0. The van der Waals surface area contributed by atoms with Crippen LogP contribution in [0.3, 0.4) is 0 Å². The first-order valence-electron chi connectivity index (χ1n) is 4.98. The number of anilines is 1. The number of nitrogens with two attached hydrogens (primary N) is 1. The lowest BCUT2D eigenvalue weighted by molar-refractivity contribution is 0.629. The van der Waals surface area contributed by atoms with Gasteiger partial charge in [0.25, 0.3) is 0 Å². The van der Waals surface area contributed by atoms with E-state index in [0.717, 1.165) is 19.4 Å². The number of benzene rings is 1. The Morgan fingerprint density at radius 2 is 2.27 bits per heavy atom. The summed E-state index contributed by atoms with van der Waals surface area (Å²) >= 11 is 4.76. The van der Waals surface area contributed by atoms with Gasteiger partial charge in [-0.1, -0.05) is 25.6 Å². The molecular formula is C11H15FN2S. The number of hydrogen-bond acceptors (Lipinski definition) is 2. The van der Waals surface area contributed by atoms with Crippen molar-refractivity contribution in [3.05, 3.63) is 29.6 Å². The van der Waals surface area contributed by atoms with E-state index in [9.17, 15) is 4.39 Å². The minimum Gasteiger partial charge on any atom is -0.389 e. The molecule has 1 aromatic rings. The van der Waals surface area contributed by atoms with Crippen LogP contribution in [-0.4, -0.2) is 11.5 Å². The number of rotatable bonds is 5. The van der Waals surface area contributed by atoms with Crippen molar-refractivity contribution in [2.75, 3.05) is 11.9 Å². The minimum absolute atomic E-state index is 0.217. The average Bonchev–Trinajstić information content (AvgIpc) is 2.20. The summed E-state index contributed by atoms with van der Waals surface area (Å²) in [5.41, 5.74) is 6.46. The van der Waals surface area contributed by atoms with Gasteiger partial charge in [0.15, 0.2) is 0 Å². The lowest BCUT2D eigenvalue weighted by Crippen LogP contribution is -2.10. The summed E-state index contributed by atoms with van der Waals surface area (Å²) in [6, 6.07) is 4.75. The van der Waals surface area contributed by atoms with Crippen LogP contribution >= 0.6 is 12.2 Å². The number of thiocarbonyl (C=S) groups is 1. The number of unbranched alkanes of at least 4 members (excludes halogenated alkanes) is 1. The van der Waals surface area contributed by atoms with Crippen molar-refractivity contribution >= 4 is 22.9 Å². The molecule has 0 unspecified atom stereocenters. The number of halogens is 1. The van der Waals surface area contributed by atoms with Crippen molar-refractivity contribution in [1.82, 2.24) is 0 Å². The maximum Gasteiger partial charge on any atom is 0.146 e. The first-order chi connectivity index (χ1) is 7.15. The summed E-state index contributed by atoms with van der Waals surface area (Å²) < 4.78 is 13.5. The molecule has 0 spiro atoms. The molecule has 82 valence electrons. The van der Waals surface area contributed by atoms with Crippen molar-refractivity contribution in [3.8, 4) is 0 Å². The second kappa shape index (κ2) is 5.66. The molecule has 1 rings (SSSR count). The maximum absolute atomic E-state index is 13.5. The van der Waals surface area contributed by atoms with Crippen LogP contribution in [0.15, 0.2) is 18.2 Å². The van der Waals surface area contributed by atoms with Gasteiger partial charge >= 0.3 is 0 Å². The summed E-state index contributed by atoms with van der Waals surface area (Å²) in [6.07, 6.45) is 2.11. The van der Waals surface area contributed by atoms with Gasteiger partial charge in [0.2, 0.25) is 0 Å². The van der Waals surface area contributed by atoms with E-state index < -0.39 is 0 Å². The minimum atomic E-state index is -0.309. The van der Waals surface area contributed by atoms with Crippen molar-refractivity contribution in [2.24, 2.45) is 5.73 Å². The molecular weight excluding hydrogens is 211 g/mol. The van der Waals surface area contributed by atoms with Crippen molar-refractivity contribution in [2.45, 2.75) is 19.8 Å². The van der Waals surface area contributed by atoms with Crippen LogP contribution in [0.2, 0.25) is 0 Å². The summed E-state index contributed by atoms with van der Waals surface area (Å²) in [6.45, 7) is 2.87. The Morgan fingerprint density at radius 1 is 1.53 bits per heavy atom. The maximum atomic E-state index is 13.5. The Labute approximate surface area is 94.7 Å². The van der Waals surface area contributed by atoms with E-state index in [4.69, 9.17) is 18.0 Å². The van der Waals surface area contributed by atoms with Gasteiger partial charge in [0, 0.05) is 12.1 Å². The fraction of sp³-hybridized carbons (Fsp3) is 0.364. The molecule has 2 nitrogen and oxygen atoms in total. The highest BCUT2D eigenvalue weighted by Gasteiger charge is 2.04. The van der Waals surface area contributed by atoms with Gasteiger partial charge in [-0.3, -0.25) is 0 Å². The highest BCUT2D eigenvalue weighted by molar-refractivity contribution is 7.80. The fourth-order valence-corrected chi connectivity index (χ4v) is 1.34. The van der Waals surface area contributed by atoms with Crippen molar-refractivity contribution in [1.29, 1.82) is 0 Å². The molecule has 0 aliphatic rings. The largest absolute Gasteiger partial charge is 0.389 e. The second-order valence-electron chi connectivity index (χ2n) is 3.34. The van der Waals surface area contributed by atoms with Crippen LogP contribution in [-0.2, 0) is 0 Å². The van der Waals surface area contributed by atoms with E-state index in [0.29, 0.717) is 11.3 Å². The Kier molecular flexibility index (Phi) is 4.49. The molecule has 0 atom stereocenters. The predicted molar refractivity (Wildman–Crippen MR) is 65.7 cm³/mol. The molecule has 0 saturated carbocycles. The molecule has 0 aliphatic heterocycles. The van der Waals surface area contributed by atoms with E-state index >= 15 is 0 Å². The van der Waals surface area contributed by atoms with Crippen LogP contribution < -0.4 is 11.1 Å². The van der Waals surface area contributed by atoms with E-state index in [1.165, 1.54) is 6.07 Å². The molecule has 0 radical (unpaired) electrons. The zero-order valence-corrected chi connectivity index (χ0v) is 9.53. The zero-order chi connectivity index (χ0) is 11.3. The SMILES string of the molecule is CCCCNc1ccc(C(N)=S)cc1F. The third-order valence-electron chi connectivity index (χ3n) is 2.10. The van der Waals surface area contributed by atoms with Gasteiger partial charge in [-0.25, -0.2) is 4.39 Å². The van der Waals surface area contributed by atoms with Crippen LogP contribution in [0.1, 0.15) is 25.3 Å². The van der Waals surface area contributed by atoms with Gasteiger partial charge < -0.3 is 11.1 Å². The number of nitrogens with one attached hydrogen (secondary N) is 1. The first kappa shape index (κ1) is 11.9. The predicted octanol–water partition coefficient (Wildman–Crippen LogP) is 2.67. The molecule has 0 saturated heterocycles. The normalized spacial score (nSPS) is 10.0. The molecule has 0 amide bonds. The van der Waals surface area contributed by atoms with Gasteiger partial charge in [0.1, 0.15) is 10.8 Å². The smallest absolute Gasteiger partial charge is 0.146 e. The molecule has 15 heavy (non-hydrogen) atoms. The highest BCUT2D eigenvalue weighted by Crippen LogP contribution is 2.15. The first-order valence-corrected chi connectivity index (χ1v) is 5.39. The zero-order valence-electron chi connectivity index (χ0n) is 8.72. The van der Waals surface area contributed by atoms with E-state index in [1.54, 1.807) is 12.1 Å². The molecule has 3 N–H and O–H groups in total. The third-order valence-corrected chi connectivity index (χ3v) is 2.34. The van der Waals surface area contributed by atoms with Crippen LogP contribution in [0.5, 0.6) is 0 Å². The van der Waals surface area contributed by atoms with Gasteiger partial charge in [-0.05, 0) is 24.6 Å². The Bertz CT molecular complexity index is 352. The summed E-state index contributed by atoms with van der Waals surface area (Å²) in [5.74, 6) is -0.309. The lowest BCUT2D eigenvalue weighted by Gasteiger charge is -2.07. The van der Waals surface area contributed by atoms with Gasteiger partial charge in [-0.15, -0.1) is 0 Å². The molecule has 1 aromatic carbocycles. The van der Waals surface area contributed by atoms with Gasteiger partial charge in [-0.2, -0.15) is 0 Å². The van der Waals surface area contributed by atoms with Crippen molar-refractivity contribution in [3.63, 3.8) is 0 Å².